The highest BCUT2D eigenvalue weighted by Crippen LogP contribution is 2.39. The fraction of sp³-hybridized carbons (Fsp3) is 0.130. The zero-order chi connectivity index (χ0) is 25.3. The van der Waals surface area contributed by atoms with E-state index in [0.717, 1.165) is 13.2 Å². The van der Waals surface area contributed by atoms with E-state index >= 15 is 0 Å². The van der Waals surface area contributed by atoms with E-state index in [9.17, 15) is 14.0 Å². The predicted molar refractivity (Wildman–Crippen MR) is 127 cm³/mol. The zero-order valence-electron chi connectivity index (χ0n) is 18.1. The molecule has 0 saturated carbocycles. The number of rotatable bonds is 6. The molecule has 0 bridgehead atoms. The Morgan fingerprint density at radius 1 is 1.11 bits per heavy atom. The molecule has 4 rings (SSSR count). The van der Waals surface area contributed by atoms with Crippen LogP contribution in [0, 0.1) is 5.82 Å². The van der Waals surface area contributed by atoms with Gasteiger partial charge in [-0.2, -0.15) is 5.10 Å². The Bertz CT molecular complexity index is 1430. The maximum Gasteiger partial charge on any atom is 0.357 e. The molecular weight excluding hydrogens is 524 g/mol. The number of benzene rings is 2. The number of methoxy groups -OCH3 is 1. The number of carbonyl (C=O) groups excluding carboxylic acids is 2. The predicted octanol–water partition coefficient (Wildman–Crippen LogP) is 6.26. The van der Waals surface area contributed by atoms with E-state index in [0.29, 0.717) is 10.7 Å². The first-order valence-corrected chi connectivity index (χ1v) is 11.1. The Morgan fingerprint density at radius 2 is 1.89 bits per heavy atom. The van der Waals surface area contributed by atoms with Crippen LogP contribution in [-0.4, -0.2) is 40.6 Å². The first-order valence-electron chi connectivity index (χ1n) is 10.0. The van der Waals surface area contributed by atoms with Crippen LogP contribution in [-0.2, 0) is 9.47 Å². The third-order valence-corrected chi connectivity index (χ3v) is 5.75. The van der Waals surface area contributed by atoms with Crippen molar-refractivity contribution in [3.8, 4) is 28.3 Å². The molecule has 0 amide bonds. The maximum absolute atomic E-state index is 14.7. The van der Waals surface area contributed by atoms with Gasteiger partial charge in [-0.15, -0.1) is 0 Å². The second-order valence-electron chi connectivity index (χ2n) is 6.96. The number of esters is 2. The summed E-state index contributed by atoms with van der Waals surface area (Å²) in [7, 11) is 1.13. The highest BCUT2D eigenvalue weighted by Gasteiger charge is 2.33. The summed E-state index contributed by atoms with van der Waals surface area (Å²) in [6.07, 6.45) is 1.26. The van der Waals surface area contributed by atoms with Gasteiger partial charge < -0.3 is 14.0 Å². The van der Waals surface area contributed by atoms with Gasteiger partial charge in [0.1, 0.15) is 17.1 Å². The molecule has 0 aliphatic rings. The number of ether oxygens (including phenoxy) is 2. The second kappa shape index (κ2) is 10.1. The molecule has 0 atom stereocenters. The van der Waals surface area contributed by atoms with Crippen LogP contribution in [0.1, 0.15) is 27.8 Å². The van der Waals surface area contributed by atoms with Crippen LogP contribution in [0.2, 0.25) is 15.1 Å². The van der Waals surface area contributed by atoms with E-state index in [4.69, 9.17) is 48.8 Å². The smallest absolute Gasteiger partial charge is 0.357 e. The summed E-state index contributed by atoms with van der Waals surface area (Å²) in [5.41, 5.74) is -0.421. The first kappa shape index (κ1) is 24.7. The van der Waals surface area contributed by atoms with Gasteiger partial charge in [0.2, 0.25) is 0 Å². The number of nitrogens with zero attached hydrogens (tertiary/aromatic N) is 3. The highest BCUT2D eigenvalue weighted by atomic mass is 35.5. The van der Waals surface area contributed by atoms with Crippen LogP contribution < -0.4 is 0 Å². The lowest BCUT2D eigenvalue weighted by Crippen LogP contribution is -2.14. The van der Waals surface area contributed by atoms with Crippen molar-refractivity contribution in [1.29, 1.82) is 0 Å². The molecule has 0 fully saturated rings. The van der Waals surface area contributed by atoms with Crippen LogP contribution in [0.15, 0.2) is 47.1 Å². The van der Waals surface area contributed by atoms with E-state index in [1.165, 1.54) is 29.1 Å². The Hall–Kier alpha value is -3.40. The van der Waals surface area contributed by atoms with E-state index < -0.39 is 17.8 Å². The Balaban J connectivity index is 2.00. The van der Waals surface area contributed by atoms with E-state index in [1.807, 2.05) is 0 Å². The summed E-state index contributed by atoms with van der Waals surface area (Å²) in [6.45, 7) is 1.67. The lowest BCUT2D eigenvalue weighted by atomic mass is 10.0. The van der Waals surface area contributed by atoms with Gasteiger partial charge in [-0.3, -0.25) is 0 Å². The fourth-order valence-corrected chi connectivity index (χ4v) is 4.15. The molecule has 0 saturated heterocycles. The summed E-state index contributed by atoms with van der Waals surface area (Å²) in [5, 5.41) is 8.69. The lowest BCUT2D eigenvalue weighted by Gasteiger charge is -2.10. The van der Waals surface area contributed by atoms with Crippen molar-refractivity contribution in [3.63, 3.8) is 0 Å². The molecule has 180 valence electrons. The van der Waals surface area contributed by atoms with Crippen LogP contribution in [0.4, 0.5) is 4.39 Å². The Labute approximate surface area is 213 Å². The van der Waals surface area contributed by atoms with Gasteiger partial charge in [-0.1, -0.05) is 46.0 Å². The van der Waals surface area contributed by atoms with Crippen molar-refractivity contribution >= 4 is 46.7 Å². The molecule has 12 heteroatoms. The summed E-state index contributed by atoms with van der Waals surface area (Å²) >= 11 is 18.5. The summed E-state index contributed by atoms with van der Waals surface area (Å²) in [5.74, 6) is -2.63. The maximum atomic E-state index is 14.7. The summed E-state index contributed by atoms with van der Waals surface area (Å²) in [4.78, 5) is 25.8. The number of hydrogen-bond acceptors (Lipinski definition) is 7. The van der Waals surface area contributed by atoms with Crippen LogP contribution >= 0.6 is 34.8 Å². The van der Waals surface area contributed by atoms with E-state index in [2.05, 4.69) is 10.3 Å². The third kappa shape index (κ3) is 4.50. The molecular formula is C23H15Cl3FN3O5. The molecule has 0 N–H and O–H groups in total. The quantitative estimate of drug-likeness (QED) is 0.267. The van der Waals surface area contributed by atoms with Crippen molar-refractivity contribution in [2.24, 2.45) is 0 Å². The molecule has 2 heterocycles. The van der Waals surface area contributed by atoms with Gasteiger partial charge in [0.05, 0.1) is 46.8 Å². The van der Waals surface area contributed by atoms with Crippen LogP contribution in [0.3, 0.4) is 0 Å². The molecule has 0 radical (unpaired) electrons. The van der Waals surface area contributed by atoms with Gasteiger partial charge in [0.15, 0.2) is 11.5 Å². The minimum atomic E-state index is -0.900. The minimum absolute atomic E-state index is 0.00994. The average molecular weight is 539 g/mol. The molecule has 0 aliphatic heterocycles. The lowest BCUT2D eigenvalue weighted by molar-refractivity contribution is 0.0514. The van der Waals surface area contributed by atoms with Crippen molar-refractivity contribution in [2.45, 2.75) is 6.92 Å². The molecule has 8 nitrogen and oxygen atoms in total. The molecule has 2 aromatic heterocycles. The summed E-state index contributed by atoms with van der Waals surface area (Å²) in [6, 6.07) is 8.57. The largest absolute Gasteiger partial charge is 0.465 e. The Morgan fingerprint density at radius 3 is 2.54 bits per heavy atom. The topological polar surface area (TPSA) is 96.5 Å². The molecule has 4 aromatic rings. The van der Waals surface area contributed by atoms with Crippen molar-refractivity contribution < 1.29 is 28.0 Å². The third-order valence-electron chi connectivity index (χ3n) is 4.90. The van der Waals surface area contributed by atoms with Crippen molar-refractivity contribution in [3.05, 3.63) is 74.7 Å². The SMILES string of the molecule is CCOC(=O)c1c(-c2onc(-c3c(F)cccc3Cl)c2C(=O)OC)cnn1-c1ccc(Cl)cc1Cl. The molecule has 2 aromatic carbocycles. The normalized spacial score (nSPS) is 10.9. The standard InChI is InChI=1S/C23H15Cl3FN3O5/c1-3-34-23(32)20-12(10-28-30(20)16-8-7-11(24)9-14(16)26)21-18(22(31)33-2)19(29-35-21)17-13(25)5-4-6-15(17)27/h4-10H,3H2,1-2H3. The fourth-order valence-electron chi connectivity index (χ4n) is 3.41. The molecule has 35 heavy (non-hydrogen) atoms. The van der Waals surface area contributed by atoms with Crippen molar-refractivity contribution in [1.82, 2.24) is 14.9 Å². The minimum Gasteiger partial charge on any atom is -0.465 e. The Kier molecular flexibility index (Phi) is 7.11. The van der Waals surface area contributed by atoms with Crippen LogP contribution in [0.25, 0.3) is 28.3 Å². The van der Waals surface area contributed by atoms with E-state index in [-0.39, 0.29) is 50.5 Å². The van der Waals surface area contributed by atoms with Gasteiger partial charge in [0, 0.05) is 5.02 Å². The van der Waals surface area contributed by atoms with Crippen molar-refractivity contribution in [2.75, 3.05) is 13.7 Å². The van der Waals surface area contributed by atoms with Gasteiger partial charge in [0.25, 0.3) is 0 Å². The number of halogens is 4. The number of aromatic nitrogens is 3. The summed E-state index contributed by atoms with van der Waals surface area (Å²) < 4.78 is 31.4. The van der Waals surface area contributed by atoms with Crippen LogP contribution in [0.5, 0.6) is 0 Å². The number of hydrogen-bond donors (Lipinski definition) is 0. The highest BCUT2D eigenvalue weighted by molar-refractivity contribution is 6.36. The zero-order valence-corrected chi connectivity index (χ0v) is 20.4. The molecule has 0 unspecified atom stereocenters. The van der Waals surface area contributed by atoms with Gasteiger partial charge in [-0.25, -0.2) is 18.7 Å². The number of carbonyl (C=O) groups is 2. The monoisotopic (exact) mass is 537 g/mol. The molecule has 0 aliphatic carbocycles. The molecule has 0 spiro atoms. The second-order valence-corrected chi connectivity index (χ2v) is 8.21. The van der Waals surface area contributed by atoms with E-state index in [1.54, 1.807) is 19.1 Å². The average Bonchev–Trinajstić information content (AvgIpc) is 3.43. The van der Waals surface area contributed by atoms with Gasteiger partial charge in [-0.05, 0) is 37.3 Å². The first-order chi connectivity index (χ1) is 16.8. The van der Waals surface area contributed by atoms with Gasteiger partial charge >= 0.3 is 11.9 Å².